The first-order valence-electron chi connectivity index (χ1n) is 29.8. The highest BCUT2D eigenvalue weighted by molar-refractivity contribution is 5.99. The number of hydrogen-bond donors (Lipinski definition) is 8. The summed E-state index contributed by atoms with van der Waals surface area (Å²) in [5.41, 5.74) is 1.12. The molecule has 0 aliphatic heterocycles. The highest BCUT2D eigenvalue weighted by Crippen LogP contribution is 2.39. The normalized spacial score (nSPS) is 12.7. The Morgan fingerprint density at radius 2 is 0.755 bits per heavy atom. The number of pyridine rings is 3. The SMILES string of the molecule is CC(=O)c1cc(C(F)(F)F)ccc1Oc1ccc(-c2cccc([C@H](O)CO)n2)cc1.CCN(C)C(=O)c1cc(C(F)(F)F)ccc1Oc1ccc(-c2cccc([C@H](O)CO)n2)cc1.O=C(CC[C@@H](O)CO)c1cc(C(F)(F)F)ccc1Oc1ccc(-c2cccc([C@H](O)CO)n2)cc1. The number of alkyl halides is 9. The third-order valence-electron chi connectivity index (χ3n) is 14.6. The quantitative estimate of drug-likeness (QED) is 0.0218. The molecule has 3 aromatic heterocycles. The Hall–Kier alpha value is -9.97. The molecule has 18 nitrogen and oxygen atoms in total. The molecule has 1 amide bonds. The summed E-state index contributed by atoms with van der Waals surface area (Å²) >= 11 is 0. The van der Waals surface area contributed by atoms with E-state index in [2.05, 4.69) is 15.0 Å². The van der Waals surface area contributed by atoms with Crippen LogP contribution in [0.25, 0.3) is 33.8 Å². The average molecular weight is 1370 g/mol. The molecular formula is C71H65F9N4O14. The maximum atomic E-state index is 13.2. The van der Waals surface area contributed by atoms with Crippen molar-refractivity contribution in [3.63, 3.8) is 0 Å². The Bertz CT molecular complexity index is 4160. The van der Waals surface area contributed by atoms with Crippen LogP contribution in [0.15, 0.2) is 182 Å². The van der Waals surface area contributed by atoms with Crippen molar-refractivity contribution in [3.05, 3.63) is 232 Å². The second-order valence-corrected chi connectivity index (χ2v) is 21.6. The summed E-state index contributed by atoms with van der Waals surface area (Å²) in [6.07, 6.45) is -18.7. The van der Waals surface area contributed by atoms with Gasteiger partial charge in [0.15, 0.2) is 11.6 Å². The molecule has 0 aliphatic rings. The number of halogens is 9. The molecule has 0 fully saturated rings. The Labute approximate surface area is 554 Å². The van der Waals surface area contributed by atoms with Crippen LogP contribution in [0.2, 0.25) is 0 Å². The number of ketones is 2. The van der Waals surface area contributed by atoms with E-state index in [0.717, 1.165) is 48.5 Å². The summed E-state index contributed by atoms with van der Waals surface area (Å²) in [6.45, 7) is 1.26. The van der Waals surface area contributed by atoms with Gasteiger partial charge in [-0.05, 0) is 184 Å². The number of amides is 1. The van der Waals surface area contributed by atoms with Gasteiger partial charge in [-0.3, -0.25) is 14.4 Å². The number of benzene rings is 6. The van der Waals surface area contributed by atoms with Crippen molar-refractivity contribution < 1.29 is 109 Å². The lowest BCUT2D eigenvalue weighted by atomic mass is 10.0. The lowest BCUT2D eigenvalue weighted by Crippen LogP contribution is -2.27. The van der Waals surface area contributed by atoms with Gasteiger partial charge in [0.2, 0.25) is 0 Å². The van der Waals surface area contributed by atoms with E-state index in [1.54, 1.807) is 134 Å². The van der Waals surface area contributed by atoms with Gasteiger partial charge in [0.05, 0.1) is 100 Å². The zero-order chi connectivity index (χ0) is 71.6. The number of aliphatic hydroxyl groups is 8. The maximum absolute atomic E-state index is 13.2. The first kappa shape index (κ1) is 75.4. The second kappa shape index (κ2) is 33.8. The van der Waals surface area contributed by atoms with Gasteiger partial charge in [0.1, 0.15) is 52.8 Å². The Balaban J connectivity index is 0.000000208. The summed E-state index contributed by atoms with van der Waals surface area (Å²) in [5.74, 6) is -0.953. The van der Waals surface area contributed by atoms with Crippen molar-refractivity contribution in [1.29, 1.82) is 0 Å². The number of aliphatic hydroxyl groups excluding tert-OH is 8. The first-order valence-corrected chi connectivity index (χ1v) is 29.8. The van der Waals surface area contributed by atoms with Crippen LogP contribution in [0, 0.1) is 0 Å². The number of ether oxygens (including phenoxy) is 3. The van der Waals surface area contributed by atoms with E-state index in [4.69, 9.17) is 34.6 Å². The molecule has 0 bridgehead atoms. The molecule has 0 aliphatic carbocycles. The van der Waals surface area contributed by atoms with Crippen molar-refractivity contribution >= 4 is 17.5 Å². The number of Topliss-reactive ketones (excluding diaryl/α,β-unsaturated/α-hetero) is 2. The summed E-state index contributed by atoms with van der Waals surface area (Å²) in [5, 5.41) is 74.9. The van der Waals surface area contributed by atoms with Gasteiger partial charge in [0.25, 0.3) is 5.91 Å². The molecule has 9 aromatic rings. The molecule has 0 spiro atoms. The van der Waals surface area contributed by atoms with Gasteiger partial charge in [-0.25, -0.2) is 15.0 Å². The molecule has 0 radical (unpaired) electrons. The minimum Gasteiger partial charge on any atom is -0.457 e. The van der Waals surface area contributed by atoms with Crippen LogP contribution in [0.4, 0.5) is 39.5 Å². The van der Waals surface area contributed by atoms with E-state index in [9.17, 15) is 74.3 Å². The van der Waals surface area contributed by atoms with E-state index in [1.807, 2.05) is 0 Å². The number of carbonyl (C=O) groups excluding carboxylic acids is 3. The van der Waals surface area contributed by atoms with Gasteiger partial charge in [-0.15, -0.1) is 0 Å². The van der Waals surface area contributed by atoms with Crippen LogP contribution in [-0.4, -0.2) is 124 Å². The summed E-state index contributed by atoms with van der Waals surface area (Å²) in [7, 11) is 1.50. The van der Waals surface area contributed by atoms with Gasteiger partial charge in [-0.2, -0.15) is 39.5 Å². The van der Waals surface area contributed by atoms with Gasteiger partial charge in [-0.1, -0.05) is 18.2 Å². The molecule has 27 heteroatoms. The largest absolute Gasteiger partial charge is 0.457 e. The topological polar surface area (TPSA) is 283 Å². The first-order chi connectivity index (χ1) is 46.4. The van der Waals surface area contributed by atoms with E-state index >= 15 is 0 Å². The third kappa shape index (κ3) is 20.5. The molecule has 98 heavy (non-hydrogen) atoms. The van der Waals surface area contributed by atoms with Crippen molar-refractivity contribution in [2.75, 3.05) is 40.0 Å². The highest BCUT2D eigenvalue weighted by atomic mass is 19.4. The maximum Gasteiger partial charge on any atom is 0.416 e. The van der Waals surface area contributed by atoms with Gasteiger partial charge < -0.3 is 60.0 Å². The monoisotopic (exact) mass is 1370 g/mol. The summed E-state index contributed by atoms with van der Waals surface area (Å²) in [6, 6.07) is 42.7. The molecule has 8 N–H and O–H groups in total. The standard InChI is InChI=1S/C25H24F3NO6.C24H23F3N2O4.C22H18F3NO4/c26-25(27,28)16-6-11-24(19(12-16)22(33)10-7-17(32)13-30)35-18-8-4-15(5-9-18)20-2-1-3-21(29-20)23(34)14-31;1-3-29(2)23(32)18-13-16(24(25,26)27)9-12-22(18)33-17-10-7-15(8-11-17)19-5-4-6-20(28-19)21(31)14-30;1-13(28)17-11-15(22(23,24)25)7-10-21(17)30-16-8-5-14(6-9-16)18-3-2-4-19(26-18)20(29)12-27/h1-6,8-9,11-12,17,23,30-32,34H,7,10,13-14H2;4-13,21,30-31H,3,14H2,1-2H3;2-11,20,27,29H,12H2,1H3/t17-,23-;21-;20-/m111/s1. The fourth-order valence-corrected chi connectivity index (χ4v) is 9.06. The predicted molar refractivity (Wildman–Crippen MR) is 339 cm³/mol. The molecule has 0 unspecified atom stereocenters. The fourth-order valence-electron chi connectivity index (χ4n) is 9.06. The van der Waals surface area contributed by atoms with Crippen molar-refractivity contribution in [2.45, 2.75) is 69.6 Å². The smallest absolute Gasteiger partial charge is 0.416 e. The van der Waals surface area contributed by atoms with Gasteiger partial charge >= 0.3 is 18.5 Å². The number of aromatic nitrogens is 3. The fraction of sp³-hybridized carbons (Fsp3) is 0.239. The van der Waals surface area contributed by atoms with Crippen LogP contribution >= 0.6 is 0 Å². The minimum atomic E-state index is -4.66. The summed E-state index contributed by atoms with van der Waals surface area (Å²) in [4.78, 5) is 51.3. The molecule has 0 saturated heterocycles. The Morgan fingerprint density at radius 3 is 1.06 bits per heavy atom. The van der Waals surface area contributed by atoms with Crippen LogP contribution in [0.1, 0.15) is 110 Å². The lowest BCUT2D eigenvalue weighted by Gasteiger charge is -2.19. The van der Waals surface area contributed by atoms with Crippen molar-refractivity contribution in [2.24, 2.45) is 0 Å². The number of rotatable bonds is 23. The average Bonchev–Trinajstić information content (AvgIpc) is 0.810. The van der Waals surface area contributed by atoms with Crippen LogP contribution in [0.5, 0.6) is 34.5 Å². The predicted octanol–water partition coefficient (Wildman–Crippen LogP) is 13.4. The molecule has 516 valence electrons. The van der Waals surface area contributed by atoms with Crippen LogP contribution in [-0.2, 0) is 18.5 Å². The van der Waals surface area contributed by atoms with E-state index in [0.29, 0.717) is 75.0 Å². The molecule has 4 atom stereocenters. The lowest BCUT2D eigenvalue weighted by molar-refractivity contribution is -0.138. The number of hydrogen-bond acceptors (Lipinski definition) is 17. The Morgan fingerprint density at radius 1 is 0.439 bits per heavy atom. The van der Waals surface area contributed by atoms with E-state index in [1.165, 1.54) is 18.9 Å². The number of carbonyl (C=O) groups is 3. The molecular weight excluding hydrogens is 1300 g/mol. The minimum absolute atomic E-state index is 0.00670. The van der Waals surface area contributed by atoms with Crippen LogP contribution in [0.3, 0.4) is 0 Å². The van der Waals surface area contributed by atoms with Crippen LogP contribution < -0.4 is 14.2 Å². The number of nitrogens with zero attached hydrogens (tertiary/aromatic N) is 4. The molecule has 9 rings (SSSR count). The van der Waals surface area contributed by atoms with Crippen molar-refractivity contribution in [3.8, 4) is 68.3 Å². The van der Waals surface area contributed by atoms with Gasteiger partial charge in [0, 0.05) is 36.7 Å². The molecule has 0 saturated carbocycles. The highest BCUT2D eigenvalue weighted by Gasteiger charge is 2.35. The van der Waals surface area contributed by atoms with Crippen molar-refractivity contribution in [1.82, 2.24) is 19.9 Å². The third-order valence-corrected chi connectivity index (χ3v) is 14.6. The zero-order valence-electron chi connectivity index (χ0n) is 52.3. The second-order valence-electron chi connectivity index (χ2n) is 21.6. The van der Waals surface area contributed by atoms with E-state index in [-0.39, 0.29) is 52.5 Å². The van der Waals surface area contributed by atoms with E-state index < -0.39 is 104 Å². The summed E-state index contributed by atoms with van der Waals surface area (Å²) < 4.78 is 135. The Kier molecular flexibility index (Phi) is 26.0. The molecule has 6 aromatic carbocycles. The zero-order valence-corrected chi connectivity index (χ0v) is 52.3. The molecule has 3 heterocycles.